The van der Waals surface area contributed by atoms with Crippen LogP contribution in [-0.4, -0.2) is 72.2 Å². The summed E-state index contributed by atoms with van der Waals surface area (Å²) in [4.78, 5) is 4.71. The van der Waals surface area contributed by atoms with Crippen molar-refractivity contribution in [1.82, 2.24) is 14.5 Å². The number of rotatable bonds is 8. The predicted octanol–water partition coefficient (Wildman–Crippen LogP) is 2.03. The number of piperazine rings is 1. The van der Waals surface area contributed by atoms with Gasteiger partial charge >= 0.3 is 0 Å². The van der Waals surface area contributed by atoms with Crippen molar-refractivity contribution in [1.29, 1.82) is 0 Å². The van der Waals surface area contributed by atoms with E-state index in [9.17, 15) is 8.42 Å². The maximum absolute atomic E-state index is 13.0. The lowest BCUT2D eigenvalue weighted by atomic mass is 10.1. The zero-order chi connectivity index (χ0) is 20.1. The molecule has 2 aromatic rings. The average Bonchev–Trinajstić information content (AvgIpc) is 3.23. The SMILES string of the molecule is COc1ccc(OC)c(S(=O)(=O)NC[C@@H](c2ccsc2)N2CCN(C)CC2)c1. The van der Waals surface area contributed by atoms with Gasteiger partial charge in [-0.3, -0.25) is 4.90 Å². The largest absolute Gasteiger partial charge is 0.497 e. The standard InChI is InChI=1S/C19H27N3O4S2/c1-21-7-9-22(10-8-21)17(15-6-11-27-14-15)13-20-28(23,24)19-12-16(25-2)4-5-18(19)26-3/h4-6,11-12,14,17,20H,7-10,13H2,1-3H3/t17-/m0/s1. The summed E-state index contributed by atoms with van der Waals surface area (Å²) in [5, 5.41) is 4.11. The number of benzene rings is 1. The third-order valence-corrected chi connectivity index (χ3v) is 7.18. The number of likely N-dealkylation sites (N-methyl/N-ethyl adjacent to an activating group) is 1. The number of nitrogens with one attached hydrogen (secondary N) is 1. The molecular weight excluding hydrogens is 398 g/mol. The lowest BCUT2D eigenvalue weighted by Crippen LogP contribution is -2.48. The van der Waals surface area contributed by atoms with Crippen molar-refractivity contribution < 1.29 is 17.9 Å². The van der Waals surface area contributed by atoms with Gasteiger partial charge in [0.1, 0.15) is 16.4 Å². The zero-order valence-electron chi connectivity index (χ0n) is 16.4. The zero-order valence-corrected chi connectivity index (χ0v) is 18.1. The van der Waals surface area contributed by atoms with Gasteiger partial charge in [0.15, 0.2) is 0 Å². The fourth-order valence-corrected chi connectivity index (χ4v) is 5.24. The molecule has 0 radical (unpaired) electrons. The van der Waals surface area contributed by atoms with Crippen LogP contribution in [0.1, 0.15) is 11.6 Å². The normalized spacial score (nSPS) is 17.4. The molecular formula is C19H27N3O4S2. The molecule has 7 nitrogen and oxygen atoms in total. The molecule has 0 unspecified atom stereocenters. The summed E-state index contributed by atoms with van der Waals surface area (Å²) < 4.78 is 39.2. The van der Waals surface area contributed by atoms with Crippen molar-refractivity contribution >= 4 is 21.4 Å². The van der Waals surface area contributed by atoms with Gasteiger partial charge in [0.25, 0.3) is 0 Å². The van der Waals surface area contributed by atoms with Crippen molar-refractivity contribution in [3.63, 3.8) is 0 Å². The Morgan fingerprint density at radius 3 is 2.50 bits per heavy atom. The lowest BCUT2D eigenvalue weighted by Gasteiger charge is -2.38. The highest BCUT2D eigenvalue weighted by atomic mass is 32.2. The molecule has 1 aliphatic rings. The Hall–Kier alpha value is -1.65. The Labute approximate surface area is 170 Å². The highest BCUT2D eigenvalue weighted by Crippen LogP contribution is 2.29. The quantitative estimate of drug-likeness (QED) is 0.698. The first-order valence-electron chi connectivity index (χ1n) is 9.11. The minimum atomic E-state index is -3.76. The van der Waals surface area contributed by atoms with Gasteiger partial charge in [-0.25, -0.2) is 13.1 Å². The lowest BCUT2D eigenvalue weighted by molar-refractivity contribution is 0.113. The van der Waals surface area contributed by atoms with Crippen LogP contribution in [0.4, 0.5) is 0 Å². The van der Waals surface area contributed by atoms with Crippen molar-refractivity contribution in [3.8, 4) is 11.5 Å². The molecule has 1 atom stereocenters. The smallest absolute Gasteiger partial charge is 0.244 e. The summed E-state index contributed by atoms with van der Waals surface area (Å²) in [6.45, 7) is 4.04. The van der Waals surface area contributed by atoms with Crippen LogP contribution in [0.3, 0.4) is 0 Å². The maximum Gasteiger partial charge on any atom is 0.244 e. The Bertz CT molecular complexity index is 863. The topological polar surface area (TPSA) is 71.1 Å². The van der Waals surface area contributed by atoms with Crippen LogP contribution >= 0.6 is 11.3 Å². The first-order chi connectivity index (χ1) is 13.4. The van der Waals surface area contributed by atoms with Crippen LogP contribution in [0, 0.1) is 0 Å². The van der Waals surface area contributed by atoms with Crippen molar-refractivity contribution in [2.75, 3.05) is 54.0 Å². The van der Waals surface area contributed by atoms with Crippen molar-refractivity contribution in [2.45, 2.75) is 10.9 Å². The van der Waals surface area contributed by atoms with Crippen molar-refractivity contribution in [2.24, 2.45) is 0 Å². The molecule has 1 aromatic heterocycles. The minimum Gasteiger partial charge on any atom is -0.497 e. The Morgan fingerprint density at radius 2 is 1.89 bits per heavy atom. The minimum absolute atomic E-state index is 0.00803. The van der Waals surface area contributed by atoms with E-state index in [1.165, 1.54) is 20.3 Å². The monoisotopic (exact) mass is 425 g/mol. The van der Waals surface area contributed by atoms with Gasteiger partial charge in [-0.05, 0) is 41.6 Å². The molecule has 0 saturated carbocycles. The second kappa shape index (κ2) is 9.23. The summed E-state index contributed by atoms with van der Waals surface area (Å²) >= 11 is 1.62. The maximum atomic E-state index is 13.0. The van der Waals surface area contributed by atoms with E-state index >= 15 is 0 Å². The van der Waals surface area contributed by atoms with Crippen LogP contribution in [0.5, 0.6) is 11.5 Å². The molecule has 0 aliphatic carbocycles. The van der Waals surface area contributed by atoms with Gasteiger partial charge in [0.05, 0.1) is 14.2 Å². The van der Waals surface area contributed by atoms with Crippen LogP contribution in [0.15, 0.2) is 39.9 Å². The van der Waals surface area contributed by atoms with Gasteiger partial charge < -0.3 is 14.4 Å². The fourth-order valence-electron chi connectivity index (χ4n) is 3.32. The van der Waals surface area contributed by atoms with E-state index in [-0.39, 0.29) is 10.9 Å². The van der Waals surface area contributed by atoms with E-state index in [1.807, 2.05) is 5.38 Å². The molecule has 9 heteroatoms. The van der Waals surface area contributed by atoms with E-state index in [0.29, 0.717) is 18.0 Å². The Morgan fingerprint density at radius 1 is 1.14 bits per heavy atom. The predicted molar refractivity (Wildman–Crippen MR) is 111 cm³/mol. The number of methoxy groups -OCH3 is 2. The molecule has 3 rings (SSSR count). The second-order valence-electron chi connectivity index (χ2n) is 6.78. The third kappa shape index (κ3) is 4.84. The number of nitrogens with zero attached hydrogens (tertiary/aromatic N) is 2. The summed E-state index contributed by atoms with van der Waals surface area (Å²) in [6, 6.07) is 6.82. The number of ether oxygens (including phenoxy) is 2. The fraction of sp³-hybridized carbons (Fsp3) is 0.474. The molecule has 0 amide bonds. The summed E-state index contributed by atoms with van der Waals surface area (Å²) in [5.74, 6) is 0.759. The molecule has 1 aliphatic heterocycles. The molecule has 1 aromatic carbocycles. The van der Waals surface area contributed by atoms with Crippen LogP contribution in [-0.2, 0) is 10.0 Å². The van der Waals surface area contributed by atoms with E-state index in [2.05, 4.69) is 33.0 Å². The van der Waals surface area contributed by atoms with Gasteiger partial charge in [0.2, 0.25) is 10.0 Å². The number of thiophene rings is 1. The molecule has 1 N–H and O–H groups in total. The average molecular weight is 426 g/mol. The Balaban J connectivity index is 1.81. The van der Waals surface area contributed by atoms with Crippen LogP contribution in [0.2, 0.25) is 0 Å². The van der Waals surface area contributed by atoms with E-state index in [1.54, 1.807) is 23.5 Å². The van der Waals surface area contributed by atoms with E-state index in [0.717, 1.165) is 31.7 Å². The molecule has 154 valence electrons. The van der Waals surface area contributed by atoms with Crippen LogP contribution in [0.25, 0.3) is 0 Å². The summed E-state index contributed by atoms with van der Waals surface area (Å²) in [5.41, 5.74) is 1.13. The first kappa shape index (κ1) is 21.1. The molecule has 28 heavy (non-hydrogen) atoms. The van der Waals surface area contributed by atoms with Gasteiger partial charge in [-0.1, -0.05) is 0 Å². The number of hydrogen-bond donors (Lipinski definition) is 1. The van der Waals surface area contributed by atoms with Crippen molar-refractivity contribution in [3.05, 3.63) is 40.6 Å². The highest BCUT2D eigenvalue weighted by molar-refractivity contribution is 7.89. The van der Waals surface area contributed by atoms with Gasteiger partial charge in [-0.15, -0.1) is 0 Å². The Kier molecular flexibility index (Phi) is 6.95. The van der Waals surface area contributed by atoms with Crippen LogP contribution < -0.4 is 14.2 Å². The second-order valence-corrected chi connectivity index (χ2v) is 9.30. The molecule has 0 spiro atoms. The third-order valence-electron chi connectivity index (χ3n) is 5.03. The van der Waals surface area contributed by atoms with Gasteiger partial charge in [0, 0.05) is 44.8 Å². The number of hydrogen-bond acceptors (Lipinski definition) is 7. The molecule has 0 bridgehead atoms. The summed E-state index contributed by atoms with van der Waals surface area (Å²) in [7, 11) is 1.31. The molecule has 1 fully saturated rings. The molecule has 2 heterocycles. The van der Waals surface area contributed by atoms with E-state index < -0.39 is 10.0 Å². The van der Waals surface area contributed by atoms with Gasteiger partial charge in [-0.2, -0.15) is 11.3 Å². The first-order valence-corrected chi connectivity index (χ1v) is 11.5. The number of sulfonamides is 1. The summed E-state index contributed by atoms with van der Waals surface area (Å²) in [6.07, 6.45) is 0. The molecule has 1 saturated heterocycles. The van der Waals surface area contributed by atoms with E-state index in [4.69, 9.17) is 9.47 Å². The highest BCUT2D eigenvalue weighted by Gasteiger charge is 2.27.